The SMILES string of the molecule is O=C(O)CC(O)(CC(=O)O)C(=O)O.O=CC(O)C(O)C(O)C(O)C(=O)O. The summed E-state index contributed by atoms with van der Waals surface area (Å²) in [6.45, 7) is 0. The molecule has 14 heteroatoms. The van der Waals surface area contributed by atoms with Crippen molar-refractivity contribution < 1.29 is 69.9 Å². The van der Waals surface area contributed by atoms with E-state index in [1.165, 1.54) is 0 Å². The highest BCUT2D eigenvalue weighted by atomic mass is 16.4. The Balaban J connectivity index is 0. The molecule has 14 nitrogen and oxygen atoms in total. The van der Waals surface area contributed by atoms with Crippen molar-refractivity contribution in [3.8, 4) is 0 Å². The van der Waals surface area contributed by atoms with Gasteiger partial charge in [0.05, 0.1) is 12.8 Å². The molecule has 0 rings (SSSR count). The Kier molecular flexibility index (Phi) is 10.9. The third-order valence-corrected chi connectivity index (χ3v) is 2.70. The Bertz CT molecular complexity index is 512. The molecule has 0 saturated carbocycles. The number of carboxylic acid groups (broad SMARTS) is 4. The molecule has 9 N–H and O–H groups in total. The Hall–Kier alpha value is -2.65. The van der Waals surface area contributed by atoms with Gasteiger partial charge in [0.1, 0.15) is 18.3 Å². The molecule has 0 aliphatic rings. The van der Waals surface area contributed by atoms with Gasteiger partial charge in [-0.25, -0.2) is 9.59 Å². The number of aliphatic hydroxyl groups excluding tert-OH is 4. The zero-order valence-electron chi connectivity index (χ0n) is 12.9. The van der Waals surface area contributed by atoms with E-state index in [2.05, 4.69) is 0 Å². The van der Waals surface area contributed by atoms with Crippen LogP contribution in [-0.2, 0) is 24.0 Å². The summed E-state index contributed by atoms with van der Waals surface area (Å²) in [4.78, 5) is 50.4. The zero-order valence-corrected chi connectivity index (χ0v) is 12.9. The van der Waals surface area contributed by atoms with Crippen LogP contribution in [0.3, 0.4) is 0 Å². The highest BCUT2D eigenvalue weighted by molar-refractivity contribution is 5.88. The van der Waals surface area contributed by atoms with Gasteiger partial charge in [0.15, 0.2) is 18.0 Å². The number of aliphatic hydroxyl groups is 5. The lowest BCUT2D eigenvalue weighted by atomic mass is 9.96. The minimum Gasteiger partial charge on any atom is -0.481 e. The fourth-order valence-corrected chi connectivity index (χ4v) is 1.33. The van der Waals surface area contributed by atoms with Gasteiger partial charge >= 0.3 is 23.9 Å². The second kappa shape index (κ2) is 11.1. The number of aliphatic carboxylic acids is 4. The van der Waals surface area contributed by atoms with E-state index in [1.54, 1.807) is 0 Å². The Labute approximate surface area is 144 Å². The van der Waals surface area contributed by atoms with Crippen LogP contribution in [0.15, 0.2) is 0 Å². The summed E-state index contributed by atoms with van der Waals surface area (Å²) in [6.07, 6.45) is -10.7. The molecular weight excluding hydrogens is 368 g/mol. The maximum absolute atomic E-state index is 10.3. The molecule has 0 aliphatic heterocycles. The van der Waals surface area contributed by atoms with Gasteiger partial charge in [-0.15, -0.1) is 0 Å². The normalized spacial score (nSPS) is 15.4. The molecule has 4 atom stereocenters. The third kappa shape index (κ3) is 9.00. The maximum atomic E-state index is 10.3. The fraction of sp³-hybridized carbons (Fsp3) is 0.583. The van der Waals surface area contributed by atoms with Gasteiger partial charge in [0, 0.05) is 0 Å². The highest BCUT2D eigenvalue weighted by Gasteiger charge is 2.40. The molecular formula is C12H18O14. The first kappa shape index (κ1) is 25.6. The van der Waals surface area contributed by atoms with Crippen LogP contribution >= 0.6 is 0 Å². The van der Waals surface area contributed by atoms with Crippen molar-refractivity contribution in [3.05, 3.63) is 0 Å². The summed E-state index contributed by atoms with van der Waals surface area (Å²) in [6, 6.07) is 0. The minimum atomic E-state index is -2.74. The van der Waals surface area contributed by atoms with Crippen molar-refractivity contribution in [2.75, 3.05) is 0 Å². The number of carbonyl (C=O) groups is 5. The number of aldehydes is 1. The van der Waals surface area contributed by atoms with Crippen LogP contribution in [0.5, 0.6) is 0 Å². The van der Waals surface area contributed by atoms with Crippen LogP contribution in [0, 0.1) is 0 Å². The highest BCUT2D eigenvalue weighted by Crippen LogP contribution is 2.15. The molecule has 4 unspecified atom stereocenters. The molecule has 0 aromatic rings. The average molecular weight is 386 g/mol. The van der Waals surface area contributed by atoms with Gasteiger partial charge in [-0.1, -0.05) is 0 Å². The van der Waals surface area contributed by atoms with Gasteiger partial charge in [0.2, 0.25) is 0 Å². The van der Waals surface area contributed by atoms with Gasteiger partial charge in [0.25, 0.3) is 0 Å². The molecule has 0 bridgehead atoms. The number of hydrogen-bond donors (Lipinski definition) is 9. The number of carboxylic acids is 4. The van der Waals surface area contributed by atoms with E-state index in [0.717, 1.165) is 0 Å². The van der Waals surface area contributed by atoms with E-state index in [1.807, 2.05) is 0 Å². The first-order chi connectivity index (χ1) is 11.7. The van der Waals surface area contributed by atoms with Gasteiger partial charge in [-0.2, -0.15) is 0 Å². The summed E-state index contributed by atoms with van der Waals surface area (Å²) >= 11 is 0. The Morgan fingerprint density at radius 3 is 1.42 bits per heavy atom. The molecule has 0 heterocycles. The quantitative estimate of drug-likeness (QED) is 0.160. The van der Waals surface area contributed by atoms with Crippen molar-refractivity contribution in [1.29, 1.82) is 0 Å². The van der Waals surface area contributed by atoms with Crippen LogP contribution in [0.2, 0.25) is 0 Å². The summed E-state index contributed by atoms with van der Waals surface area (Å²) in [5, 5.41) is 77.0. The average Bonchev–Trinajstić information content (AvgIpc) is 2.50. The van der Waals surface area contributed by atoms with Gasteiger partial charge in [-0.3, -0.25) is 9.59 Å². The molecule has 0 fully saturated rings. The topological polar surface area (TPSA) is 267 Å². The lowest BCUT2D eigenvalue weighted by molar-refractivity contribution is -0.170. The summed E-state index contributed by atoms with van der Waals surface area (Å²) < 4.78 is 0. The van der Waals surface area contributed by atoms with Crippen molar-refractivity contribution in [1.82, 2.24) is 0 Å². The molecule has 0 aliphatic carbocycles. The summed E-state index contributed by atoms with van der Waals surface area (Å²) in [5.41, 5.74) is -2.74. The van der Waals surface area contributed by atoms with E-state index in [9.17, 15) is 24.0 Å². The van der Waals surface area contributed by atoms with Crippen molar-refractivity contribution in [2.45, 2.75) is 42.9 Å². The predicted octanol–water partition coefficient (Wildman–Crippen LogP) is -4.53. The second-order valence-corrected chi connectivity index (χ2v) is 4.87. The first-order valence-corrected chi connectivity index (χ1v) is 6.49. The largest absolute Gasteiger partial charge is 0.481 e. The van der Waals surface area contributed by atoms with Crippen molar-refractivity contribution in [3.63, 3.8) is 0 Å². The van der Waals surface area contributed by atoms with E-state index in [4.69, 9.17) is 46.0 Å². The molecule has 26 heavy (non-hydrogen) atoms. The minimum absolute atomic E-state index is 0.0809. The standard InChI is InChI=1S/C6H8O7.C6H10O7/c7-3(8)1-6(13,5(11)12)2-4(9)10;7-1-2(8)3(9)4(10)5(11)6(12)13/h13H,1-2H2,(H,7,8)(H,9,10)(H,11,12);1-5,8-11H,(H,12,13). The second-order valence-electron chi connectivity index (χ2n) is 4.87. The monoisotopic (exact) mass is 386 g/mol. The van der Waals surface area contributed by atoms with Gasteiger partial charge < -0.3 is 50.8 Å². The maximum Gasteiger partial charge on any atom is 0.336 e. The molecule has 0 saturated heterocycles. The molecule has 0 amide bonds. The molecule has 150 valence electrons. The van der Waals surface area contributed by atoms with Crippen LogP contribution in [0.4, 0.5) is 0 Å². The molecule has 0 aromatic carbocycles. The molecule has 0 spiro atoms. The zero-order chi connectivity index (χ0) is 21.2. The Morgan fingerprint density at radius 2 is 1.19 bits per heavy atom. The van der Waals surface area contributed by atoms with Crippen LogP contribution < -0.4 is 0 Å². The smallest absolute Gasteiger partial charge is 0.336 e. The fourth-order valence-electron chi connectivity index (χ4n) is 1.33. The lowest BCUT2D eigenvalue weighted by Gasteiger charge is -2.21. The number of rotatable bonds is 10. The molecule has 0 radical (unpaired) electrons. The summed E-state index contributed by atoms with van der Waals surface area (Å²) in [7, 11) is 0. The van der Waals surface area contributed by atoms with Crippen molar-refractivity contribution in [2.24, 2.45) is 0 Å². The number of hydrogen-bond acceptors (Lipinski definition) is 10. The van der Waals surface area contributed by atoms with Crippen LogP contribution in [0.25, 0.3) is 0 Å². The first-order valence-electron chi connectivity index (χ1n) is 6.49. The Morgan fingerprint density at radius 1 is 0.808 bits per heavy atom. The van der Waals surface area contributed by atoms with Crippen LogP contribution in [0.1, 0.15) is 12.8 Å². The van der Waals surface area contributed by atoms with Crippen molar-refractivity contribution >= 4 is 30.2 Å². The van der Waals surface area contributed by atoms with E-state index in [-0.39, 0.29) is 6.29 Å². The molecule has 0 aromatic heterocycles. The van der Waals surface area contributed by atoms with Crippen LogP contribution in [-0.4, -0.2) is 106 Å². The third-order valence-electron chi connectivity index (χ3n) is 2.70. The lowest BCUT2D eigenvalue weighted by Crippen LogP contribution is -2.48. The van der Waals surface area contributed by atoms with E-state index < -0.39 is 66.7 Å². The van der Waals surface area contributed by atoms with Gasteiger partial charge in [-0.05, 0) is 0 Å². The summed E-state index contributed by atoms with van der Waals surface area (Å²) in [5.74, 6) is -6.78. The number of carbonyl (C=O) groups excluding carboxylic acids is 1. The van der Waals surface area contributed by atoms with E-state index >= 15 is 0 Å². The van der Waals surface area contributed by atoms with E-state index in [0.29, 0.717) is 0 Å². The predicted molar refractivity (Wildman–Crippen MR) is 74.8 cm³/mol.